The van der Waals surface area contributed by atoms with Crippen LogP contribution >= 0.6 is 0 Å². The molecule has 0 unspecified atom stereocenters. The van der Waals surface area contributed by atoms with Crippen LogP contribution in [0.2, 0.25) is 0 Å². The lowest BCUT2D eigenvalue weighted by molar-refractivity contribution is -0.192. The summed E-state index contributed by atoms with van der Waals surface area (Å²) in [5, 5.41) is 25.4. The normalized spacial score (nSPS) is 16.1. The van der Waals surface area contributed by atoms with E-state index in [0.29, 0.717) is 12.8 Å². The molecule has 43 heavy (non-hydrogen) atoms. The van der Waals surface area contributed by atoms with Crippen molar-refractivity contribution in [1.29, 1.82) is 0 Å². The fraction of sp³-hybridized carbons (Fsp3) is 0.500. The number of fused-ring (bicyclic) bond motifs is 1. The predicted octanol–water partition coefficient (Wildman–Crippen LogP) is 5.25. The summed E-state index contributed by atoms with van der Waals surface area (Å²) in [4.78, 5) is 27.6. The molecule has 1 aliphatic heterocycles. The molecular formula is C30H38F3N5O5. The molecule has 234 valence electrons. The van der Waals surface area contributed by atoms with Crippen LogP contribution in [-0.2, 0) is 35.6 Å². The van der Waals surface area contributed by atoms with Gasteiger partial charge in [0.2, 0.25) is 0 Å². The van der Waals surface area contributed by atoms with Gasteiger partial charge in [-0.05, 0) is 69.2 Å². The zero-order valence-electron chi connectivity index (χ0n) is 24.9. The van der Waals surface area contributed by atoms with Gasteiger partial charge < -0.3 is 14.9 Å². The smallest absolute Gasteiger partial charge is 0.486 e. The molecule has 0 spiro atoms. The second-order valence-corrected chi connectivity index (χ2v) is 11.3. The number of rotatable bonds is 9. The molecular weight excluding hydrogens is 567 g/mol. The highest BCUT2D eigenvalue weighted by atomic mass is 19.4. The number of nitrogens with zero attached hydrogens (tertiary/aromatic N) is 5. The van der Waals surface area contributed by atoms with Crippen LogP contribution < -0.4 is 4.74 Å². The fourth-order valence-electron chi connectivity index (χ4n) is 5.03. The third-order valence-corrected chi connectivity index (χ3v) is 7.30. The molecule has 0 saturated heterocycles. The van der Waals surface area contributed by atoms with Gasteiger partial charge in [0, 0.05) is 50.3 Å². The SMILES string of the molecule is CCn1cc(CC[C@@H](c2ccc(C)c(CN3Cc4cnccc4OC(C)(C)C3)c2)[C@H](C)C(=O)O)nn1.O=C(O)C(F)(F)F. The summed E-state index contributed by atoms with van der Waals surface area (Å²) in [6.07, 6.45) is 1.89. The van der Waals surface area contributed by atoms with E-state index in [4.69, 9.17) is 14.6 Å². The van der Waals surface area contributed by atoms with Gasteiger partial charge in [-0.1, -0.05) is 30.3 Å². The molecule has 1 aromatic carbocycles. The van der Waals surface area contributed by atoms with Crippen molar-refractivity contribution in [3.05, 3.63) is 70.8 Å². The van der Waals surface area contributed by atoms with Crippen LogP contribution in [0.5, 0.6) is 5.75 Å². The number of carboxylic acid groups (broad SMARTS) is 2. The summed E-state index contributed by atoms with van der Waals surface area (Å²) in [6, 6.07) is 8.34. The van der Waals surface area contributed by atoms with Crippen molar-refractivity contribution in [1.82, 2.24) is 24.9 Å². The van der Waals surface area contributed by atoms with Gasteiger partial charge in [0.1, 0.15) is 11.4 Å². The van der Waals surface area contributed by atoms with Crippen molar-refractivity contribution in [3.63, 3.8) is 0 Å². The van der Waals surface area contributed by atoms with Crippen LogP contribution in [0, 0.1) is 12.8 Å². The van der Waals surface area contributed by atoms with Gasteiger partial charge >= 0.3 is 18.1 Å². The van der Waals surface area contributed by atoms with Crippen molar-refractivity contribution in [3.8, 4) is 5.75 Å². The summed E-state index contributed by atoms with van der Waals surface area (Å²) in [7, 11) is 0. The third-order valence-electron chi connectivity index (χ3n) is 7.30. The van der Waals surface area contributed by atoms with Crippen molar-refractivity contribution >= 4 is 11.9 Å². The highest BCUT2D eigenvalue weighted by Crippen LogP contribution is 2.33. The molecule has 0 fully saturated rings. The van der Waals surface area contributed by atoms with Crippen LogP contribution in [0.3, 0.4) is 0 Å². The Morgan fingerprint density at radius 3 is 2.49 bits per heavy atom. The molecule has 3 heterocycles. The van der Waals surface area contributed by atoms with Crippen LogP contribution in [0.15, 0.2) is 42.9 Å². The number of aromatic nitrogens is 4. The molecule has 4 rings (SSSR count). The molecule has 2 N–H and O–H groups in total. The second kappa shape index (κ2) is 14.0. The lowest BCUT2D eigenvalue weighted by Gasteiger charge is -2.30. The largest absolute Gasteiger partial charge is 0.490 e. The highest BCUT2D eigenvalue weighted by Gasteiger charge is 2.38. The summed E-state index contributed by atoms with van der Waals surface area (Å²) >= 11 is 0. The Morgan fingerprint density at radius 2 is 1.88 bits per heavy atom. The van der Waals surface area contributed by atoms with Crippen molar-refractivity contribution in [2.24, 2.45) is 5.92 Å². The summed E-state index contributed by atoms with van der Waals surface area (Å²) in [5.41, 5.74) is 5.09. The minimum atomic E-state index is -5.08. The molecule has 0 radical (unpaired) electrons. The summed E-state index contributed by atoms with van der Waals surface area (Å²) in [5.74, 6) is -3.28. The van der Waals surface area contributed by atoms with Gasteiger partial charge in [0.15, 0.2) is 0 Å². The van der Waals surface area contributed by atoms with Gasteiger partial charge in [0.25, 0.3) is 0 Å². The van der Waals surface area contributed by atoms with E-state index in [0.717, 1.165) is 48.7 Å². The molecule has 0 aliphatic carbocycles. The topological polar surface area (TPSA) is 131 Å². The number of carbonyl (C=O) groups is 2. The van der Waals surface area contributed by atoms with Crippen LogP contribution in [0.1, 0.15) is 68.0 Å². The van der Waals surface area contributed by atoms with Gasteiger partial charge in [0.05, 0.1) is 11.6 Å². The van der Waals surface area contributed by atoms with Gasteiger partial charge in [-0.25, -0.2) is 4.79 Å². The summed E-state index contributed by atoms with van der Waals surface area (Å²) < 4.78 is 39.8. The molecule has 10 nitrogen and oxygen atoms in total. The molecule has 0 saturated carbocycles. The van der Waals surface area contributed by atoms with Gasteiger partial charge in [-0.3, -0.25) is 19.4 Å². The minimum Gasteiger partial charge on any atom is -0.486 e. The molecule has 2 atom stereocenters. The first-order valence-electron chi connectivity index (χ1n) is 13.9. The zero-order chi connectivity index (χ0) is 31.9. The van der Waals surface area contributed by atoms with E-state index in [9.17, 15) is 23.1 Å². The number of pyridine rings is 1. The average molecular weight is 606 g/mol. The Hall–Kier alpha value is -4.00. The fourth-order valence-corrected chi connectivity index (χ4v) is 5.03. The Labute approximate surface area is 248 Å². The maximum Gasteiger partial charge on any atom is 0.490 e. The number of aryl methyl sites for hydroxylation is 3. The summed E-state index contributed by atoms with van der Waals surface area (Å²) in [6.45, 7) is 13.2. The molecule has 0 amide bonds. The number of alkyl halides is 3. The van der Waals surface area contributed by atoms with Crippen molar-refractivity contribution in [2.75, 3.05) is 6.54 Å². The van der Waals surface area contributed by atoms with E-state index in [2.05, 4.69) is 59.2 Å². The molecule has 0 bridgehead atoms. The molecule has 3 aromatic rings. The van der Waals surface area contributed by atoms with E-state index in [1.807, 2.05) is 25.4 Å². The molecule has 13 heteroatoms. The van der Waals surface area contributed by atoms with E-state index in [1.54, 1.807) is 17.8 Å². The number of ether oxygens (including phenoxy) is 1. The van der Waals surface area contributed by atoms with E-state index in [-0.39, 0.29) is 11.5 Å². The maximum absolute atomic E-state index is 12.0. The Balaban J connectivity index is 0.000000646. The van der Waals surface area contributed by atoms with Crippen molar-refractivity contribution < 1.29 is 37.7 Å². The number of benzene rings is 1. The quantitative estimate of drug-likeness (QED) is 0.336. The monoisotopic (exact) mass is 605 g/mol. The lowest BCUT2D eigenvalue weighted by atomic mass is 9.82. The van der Waals surface area contributed by atoms with Crippen LogP contribution in [0.25, 0.3) is 0 Å². The van der Waals surface area contributed by atoms with Crippen molar-refractivity contribution in [2.45, 2.75) is 84.8 Å². The third kappa shape index (κ3) is 9.50. The van der Waals surface area contributed by atoms with E-state index >= 15 is 0 Å². The van der Waals surface area contributed by atoms with Gasteiger partial charge in [-0.2, -0.15) is 13.2 Å². The Morgan fingerprint density at radius 1 is 1.19 bits per heavy atom. The van der Waals surface area contributed by atoms with E-state index < -0.39 is 24.0 Å². The highest BCUT2D eigenvalue weighted by molar-refractivity contribution is 5.73. The Kier molecular flexibility index (Phi) is 10.9. The number of halogens is 3. The first-order chi connectivity index (χ1) is 20.1. The Bertz CT molecular complexity index is 1410. The minimum absolute atomic E-state index is 0.123. The molecule has 1 aliphatic rings. The number of carboxylic acids is 2. The first-order valence-corrected chi connectivity index (χ1v) is 13.9. The number of hydrogen-bond acceptors (Lipinski definition) is 7. The first kappa shape index (κ1) is 33.5. The lowest BCUT2D eigenvalue weighted by Crippen LogP contribution is -2.40. The zero-order valence-corrected chi connectivity index (χ0v) is 24.9. The van der Waals surface area contributed by atoms with E-state index in [1.165, 1.54) is 11.1 Å². The van der Waals surface area contributed by atoms with Gasteiger partial charge in [-0.15, -0.1) is 5.10 Å². The van der Waals surface area contributed by atoms with Crippen LogP contribution in [-0.4, -0.2) is 65.4 Å². The predicted molar refractivity (Wildman–Crippen MR) is 151 cm³/mol. The standard InChI is InChI=1S/C28H37N5O3.C2HF3O2/c1-6-33-17-24(30-31-33)9-10-25(20(3)27(34)35)21-8-7-19(2)22(13-21)15-32-16-23-14-29-12-11-26(23)36-28(4,5)18-32;3-2(4,5)1(6)7/h7-8,11-14,17,20,25H,6,9-10,15-16,18H2,1-5H3,(H,34,35);(H,6,7)/t20-,25+;/m0./s1. The number of aliphatic carboxylic acids is 2. The average Bonchev–Trinajstić information content (AvgIpc) is 3.33. The number of hydrogen-bond donors (Lipinski definition) is 2. The maximum atomic E-state index is 12.0. The van der Waals surface area contributed by atoms with Crippen LogP contribution in [0.4, 0.5) is 13.2 Å². The second-order valence-electron chi connectivity index (χ2n) is 11.3. The molecule has 2 aromatic heterocycles.